The monoisotopic (exact) mass is 266 g/mol. The molecule has 3 rings (SSSR count). The van der Waals surface area contributed by atoms with Gasteiger partial charge in [-0.15, -0.1) is 11.3 Å². The molecule has 0 atom stereocenters. The Morgan fingerprint density at radius 1 is 1.35 bits per heavy atom. The van der Waals surface area contributed by atoms with Crippen LogP contribution in [0.2, 0.25) is 0 Å². The van der Waals surface area contributed by atoms with E-state index < -0.39 is 0 Å². The number of aromatic nitrogens is 1. The summed E-state index contributed by atoms with van der Waals surface area (Å²) < 4.78 is 10.1. The standard InChI is InChI=1S/C12H14N2OS2/c1-9-2-3-11-10(8-9)13-12(16-11)17-14-4-6-15-7-5-14/h2-3,8H,4-7H2,1H3. The number of benzene rings is 1. The van der Waals surface area contributed by atoms with Crippen LogP contribution in [0.1, 0.15) is 5.56 Å². The van der Waals surface area contributed by atoms with Crippen LogP contribution in [-0.4, -0.2) is 35.6 Å². The molecule has 0 unspecified atom stereocenters. The predicted molar refractivity (Wildman–Crippen MR) is 72.6 cm³/mol. The van der Waals surface area contributed by atoms with Crippen LogP contribution in [0.4, 0.5) is 0 Å². The first-order valence-corrected chi connectivity index (χ1v) is 7.28. The highest BCUT2D eigenvalue weighted by atomic mass is 32.2. The second kappa shape index (κ2) is 4.94. The van der Waals surface area contributed by atoms with Crippen LogP contribution in [0.25, 0.3) is 10.2 Å². The van der Waals surface area contributed by atoms with Crippen molar-refractivity contribution in [1.29, 1.82) is 0 Å². The normalized spacial score (nSPS) is 17.7. The van der Waals surface area contributed by atoms with Crippen LogP contribution in [0.15, 0.2) is 22.5 Å². The minimum absolute atomic E-state index is 0.830. The lowest BCUT2D eigenvalue weighted by Crippen LogP contribution is -2.30. The van der Waals surface area contributed by atoms with Crippen molar-refractivity contribution < 1.29 is 4.74 Å². The molecule has 1 aromatic heterocycles. The van der Waals surface area contributed by atoms with E-state index in [1.165, 1.54) is 10.3 Å². The lowest BCUT2D eigenvalue weighted by Gasteiger charge is -2.23. The Kier molecular flexibility index (Phi) is 3.33. The van der Waals surface area contributed by atoms with Crippen molar-refractivity contribution in [2.75, 3.05) is 26.3 Å². The summed E-state index contributed by atoms with van der Waals surface area (Å²) in [7, 11) is 0. The number of hydrogen-bond donors (Lipinski definition) is 0. The summed E-state index contributed by atoms with van der Waals surface area (Å²) in [6.07, 6.45) is 0. The topological polar surface area (TPSA) is 25.4 Å². The molecule has 1 aliphatic rings. The molecule has 0 radical (unpaired) electrons. The summed E-state index contributed by atoms with van der Waals surface area (Å²) in [5.41, 5.74) is 2.39. The highest BCUT2D eigenvalue weighted by molar-refractivity contribution is 7.98. The SMILES string of the molecule is Cc1ccc2sc(SN3CCOCC3)nc2c1. The van der Waals surface area contributed by atoms with Gasteiger partial charge in [-0.05, 0) is 36.6 Å². The van der Waals surface area contributed by atoms with Gasteiger partial charge in [-0.3, -0.25) is 0 Å². The number of aryl methyl sites for hydroxylation is 1. The number of morpholine rings is 1. The molecule has 90 valence electrons. The maximum Gasteiger partial charge on any atom is 0.166 e. The van der Waals surface area contributed by atoms with Crippen LogP contribution >= 0.6 is 23.3 Å². The van der Waals surface area contributed by atoms with Crippen molar-refractivity contribution >= 4 is 33.5 Å². The van der Waals surface area contributed by atoms with Crippen LogP contribution in [0, 0.1) is 6.92 Å². The molecule has 1 saturated heterocycles. The smallest absolute Gasteiger partial charge is 0.166 e. The van der Waals surface area contributed by atoms with Gasteiger partial charge in [0.1, 0.15) is 0 Å². The summed E-state index contributed by atoms with van der Waals surface area (Å²) in [6.45, 7) is 5.74. The molecule has 2 aromatic rings. The molecular weight excluding hydrogens is 252 g/mol. The van der Waals surface area contributed by atoms with Gasteiger partial charge in [0.25, 0.3) is 0 Å². The number of rotatable bonds is 2. The highest BCUT2D eigenvalue weighted by Crippen LogP contribution is 2.32. The maximum absolute atomic E-state index is 5.34. The first-order valence-electron chi connectivity index (χ1n) is 5.69. The van der Waals surface area contributed by atoms with Crippen molar-refractivity contribution in [3.63, 3.8) is 0 Å². The van der Waals surface area contributed by atoms with E-state index in [0.717, 1.165) is 36.2 Å². The second-order valence-electron chi connectivity index (χ2n) is 4.08. The third kappa shape index (κ3) is 2.63. The van der Waals surface area contributed by atoms with Crippen LogP contribution in [0.3, 0.4) is 0 Å². The van der Waals surface area contributed by atoms with E-state index in [0.29, 0.717) is 0 Å². The average molecular weight is 266 g/mol. The minimum Gasteiger partial charge on any atom is -0.379 e. The van der Waals surface area contributed by atoms with E-state index in [1.807, 2.05) is 0 Å². The lowest BCUT2D eigenvalue weighted by molar-refractivity contribution is 0.0773. The van der Waals surface area contributed by atoms with E-state index in [9.17, 15) is 0 Å². The number of fused-ring (bicyclic) bond motifs is 1. The fourth-order valence-corrected chi connectivity index (χ4v) is 3.91. The minimum atomic E-state index is 0.830. The zero-order valence-corrected chi connectivity index (χ0v) is 11.3. The van der Waals surface area contributed by atoms with Gasteiger partial charge in [0, 0.05) is 13.1 Å². The van der Waals surface area contributed by atoms with Crippen LogP contribution < -0.4 is 0 Å². The Hall–Kier alpha value is -0.620. The van der Waals surface area contributed by atoms with Gasteiger partial charge >= 0.3 is 0 Å². The first-order chi connectivity index (χ1) is 8.31. The molecular formula is C12H14N2OS2. The lowest BCUT2D eigenvalue weighted by atomic mass is 10.2. The third-order valence-corrected chi connectivity index (χ3v) is 4.88. The van der Waals surface area contributed by atoms with Gasteiger partial charge in [0.2, 0.25) is 0 Å². The van der Waals surface area contributed by atoms with E-state index in [1.54, 1.807) is 23.3 Å². The Labute approximate surface area is 109 Å². The van der Waals surface area contributed by atoms with E-state index in [4.69, 9.17) is 4.74 Å². The molecule has 1 fully saturated rings. The largest absolute Gasteiger partial charge is 0.379 e. The van der Waals surface area contributed by atoms with Gasteiger partial charge in [-0.1, -0.05) is 6.07 Å². The number of ether oxygens (including phenoxy) is 1. The highest BCUT2D eigenvalue weighted by Gasteiger charge is 2.14. The fraction of sp³-hybridized carbons (Fsp3) is 0.417. The Balaban J connectivity index is 1.80. The summed E-state index contributed by atoms with van der Waals surface area (Å²) in [5, 5.41) is 0. The first kappa shape index (κ1) is 11.5. The molecule has 3 nitrogen and oxygen atoms in total. The van der Waals surface area contributed by atoms with E-state index >= 15 is 0 Å². The van der Waals surface area contributed by atoms with Gasteiger partial charge in [-0.2, -0.15) is 0 Å². The Bertz CT molecular complexity index is 520. The molecule has 1 aliphatic heterocycles. The third-order valence-electron chi connectivity index (χ3n) is 2.70. The summed E-state index contributed by atoms with van der Waals surface area (Å²) in [6, 6.07) is 6.45. The fourth-order valence-electron chi connectivity index (χ4n) is 1.80. The van der Waals surface area contributed by atoms with Crippen molar-refractivity contribution in [3.05, 3.63) is 23.8 Å². The summed E-state index contributed by atoms with van der Waals surface area (Å²) >= 11 is 3.53. The molecule has 0 amide bonds. The van der Waals surface area contributed by atoms with Gasteiger partial charge in [0.05, 0.1) is 23.4 Å². The zero-order chi connectivity index (χ0) is 11.7. The molecule has 0 saturated carbocycles. The number of thiazole rings is 1. The zero-order valence-electron chi connectivity index (χ0n) is 9.68. The number of nitrogens with zero attached hydrogens (tertiary/aromatic N) is 2. The summed E-state index contributed by atoms with van der Waals surface area (Å²) in [4.78, 5) is 4.67. The maximum atomic E-state index is 5.34. The summed E-state index contributed by atoms with van der Waals surface area (Å²) in [5.74, 6) is 0. The van der Waals surface area contributed by atoms with Crippen LogP contribution in [0.5, 0.6) is 0 Å². The van der Waals surface area contributed by atoms with Gasteiger partial charge in [0.15, 0.2) is 4.34 Å². The van der Waals surface area contributed by atoms with Crippen molar-refractivity contribution in [1.82, 2.24) is 9.29 Å². The van der Waals surface area contributed by atoms with E-state index in [2.05, 4.69) is 34.4 Å². The molecule has 1 aromatic carbocycles. The molecule has 5 heteroatoms. The number of hydrogen-bond acceptors (Lipinski definition) is 5. The molecule has 0 bridgehead atoms. The van der Waals surface area contributed by atoms with Crippen molar-refractivity contribution in [2.45, 2.75) is 11.3 Å². The quantitative estimate of drug-likeness (QED) is 0.780. The predicted octanol–water partition coefficient (Wildman–Crippen LogP) is 2.94. The van der Waals surface area contributed by atoms with Crippen LogP contribution in [-0.2, 0) is 4.74 Å². The Morgan fingerprint density at radius 3 is 3.00 bits per heavy atom. The van der Waals surface area contributed by atoms with Crippen molar-refractivity contribution in [3.8, 4) is 0 Å². The molecule has 0 spiro atoms. The van der Waals surface area contributed by atoms with E-state index in [-0.39, 0.29) is 0 Å². The molecule has 17 heavy (non-hydrogen) atoms. The second-order valence-corrected chi connectivity index (χ2v) is 6.46. The molecule has 0 N–H and O–H groups in total. The van der Waals surface area contributed by atoms with Gasteiger partial charge < -0.3 is 4.74 Å². The molecule has 2 heterocycles. The van der Waals surface area contributed by atoms with Crippen molar-refractivity contribution in [2.24, 2.45) is 0 Å². The average Bonchev–Trinajstić information content (AvgIpc) is 2.71. The Morgan fingerprint density at radius 2 is 2.18 bits per heavy atom. The molecule has 0 aliphatic carbocycles. The van der Waals surface area contributed by atoms with Gasteiger partial charge in [-0.25, -0.2) is 9.29 Å².